The molecular weight excluding hydrogens is 461 g/mol. The molecule has 4 rings (SSSR count). The average Bonchev–Trinajstić information content (AvgIpc) is 3.14. The van der Waals surface area contributed by atoms with Gasteiger partial charge < -0.3 is 10.8 Å². The molecule has 0 spiro atoms. The number of nitrogens with zero attached hydrogens (tertiary/aromatic N) is 4. The number of aromatic nitrogens is 4. The third-order valence-electron chi connectivity index (χ3n) is 5.79. The van der Waals surface area contributed by atoms with Crippen LogP contribution in [-0.4, -0.2) is 44.5 Å². The van der Waals surface area contributed by atoms with Gasteiger partial charge in [-0.2, -0.15) is 23.1 Å². The molecule has 0 saturated heterocycles. The summed E-state index contributed by atoms with van der Waals surface area (Å²) in [6.07, 6.45) is -1.43. The lowest BCUT2D eigenvalue weighted by Gasteiger charge is -2.33. The van der Waals surface area contributed by atoms with E-state index < -0.39 is 33.6 Å². The highest BCUT2D eigenvalue weighted by Gasteiger charge is 2.36. The molecule has 1 fully saturated rings. The molecule has 0 unspecified atom stereocenters. The summed E-state index contributed by atoms with van der Waals surface area (Å²) in [5.74, 6) is -2.15. The number of aryl methyl sites for hydroxylation is 1. The van der Waals surface area contributed by atoms with E-state index in [1.165, 1.54) is 18.3 Å². The van der Waals surface area contributed by atoms with Crippen molar-refractivity contribution in [2.24, 2.45) is 0 Å². The van der Waals surface area contributed by atoms with Gasteiger partial charge >= 0.3 is 6.18 Å². The quantitative estimate of drug-likeness (QED) is 0.518. The standard InChI is InChI=1S/C20H23F3N6O3S/c1-11-3-4-13(33(31,32)28-12-5-7-19(2,30)8-6-12)9-14(11)15-10-29-17(24)26-16(20(21,22)23)27-18(29)25-15/h3-4,9-10,12,28,30H,5-8H2,1-2H3,(H2,24,25,26,27). The van der Waals surface area contributed by atoms with Gasteiger partial charge in [-0.3, -0.25) is 4.40 Å². The van der Waals surface area contributed by atoms with Crippen molar-refractivity contribution in [3.63, 3.8) is 0 Å². The number of aliphatic hydroxyl groups is 1. The first-order valence-corrected chi connectivity index (χ1v) is 11.7. The third kappa shape index (κ3) is 4.80. The molecule has 1 aromatic carbocycles. The maximum atomic E-state index is 13.0. The minimum absolute atomic E-state index is 0.00692. The number of benzene rings is 1. The number of rotatable bonds is 4. The third-order valence-corrected chi connectivity index (χ3v) is 7.31. The maximum absolute atomic E-state index is 13.0. The summed E-state index contributed by atoms with van der Waals surface area (Å²) in [6, 6.07) is 4.15. The second-order valence-electron chi connectivity index (χ2n) is 8.57. The molecule has 0 amide bonds. The molecule has 9 nitrogen and oxygen atoms in total. The van der Waals surface area contributed by atoms with E-state index in [1.807, 2.05) is 0 Å². The highest BCUT2D eigenvalue weighted by Crippen LogP contribution is 2.31. The number of alkyl halides is 3. The van der Waals surface area contributed by atoms with Crippen LogP contribution in [0, 0.1) is 6.92 Å². The molecule has 0 atom stereocenters. The molecule has 13 heteroatoms. The highest BCUT2D eigenvalue weighted by molar-refractivity contribution is 7.89. The summed E-state index contributed by atoms with van der Waals surface area (Å²) < 4.78 is 68.7. The van der Waals surface area contributed by atoms with Gasteiger partial charge in [-0.15, -0.1) is 0 Å². The zero-order valence-corrected chi connectivity index (χ0v) is 18.7. The lowest BCUT2D eigenvalue weighted by molar-refractivity contribution is -0.144. The predicted molar refractivity (Wildman–Crippen MR) is 114 cm³/mol. The van der Waals surface area contributed by atoms with Crippen LogP contribution in [0.15, 0.2) is 29.3 Å². The predicted octanol–water partition coefficient (Wildman–Crippen LogP) is 2.67. The van der Waals surface area contributed by atoms with Crippen LogP contribution in [0.2, 0.25) is 0 Å². The van der Waals surface area contributed by atoms with Crippen LogP contribution < -0.4 is 10.5 Å². The van der Waals surface area contributed by atoms with Crippen LogP contribution in [0.25, 0.3) is 17.0 Å². The molecule has 178 valence electrons. The smallest absolute Gasteiger partial charge is 0.390 e. The minimum atomic E-state index is -4.79. The SMILES string of the molecule is Cc1ccc(S(=O)(=O)NC2CCC(C)(O)CC2)cc1-c1cn2c(N)nc(C(F)(F)F)nc2n1. The first-order valence-electron chi connectivity index (χ1n) is 10.2. The number of halogens is 3. The van der Waals surface area contributed by atoms with Crippen LogP contribution in [0.4, 0.5) is 19.1 Å². The van der Waals surface area contributed by atoms with E-state index in [0.29, 0.717) is 36.8 Å². The molecule has 1 saturated carbocycles. The molecule has 0 bridgehead atoms. The Bertz CT molecular complexity index is 1310. The van der Waals surface area contributed by atoms with Crippen molar-refractivity contribution >= 4 is 21.7 Å². The van der Waals surface area contributed by atoms with Crippen LogP contribution >= 0.6 is 0 Å². The Hall–Kier alpha value is -2.77. The minimum Gasteiger partial charge on any atom is -0.390 e. The molecule has 1 aliphatic carbocycles. The van der Waals surface area contributed by atoms with E-state index in [2.05, 4.69) is 19.7 Å². The summed E-state index contributed by atoms with van der Waals surface area (Å²) in [4.78, 5) is 10.8. The van der Waals surface area contributed by atoms with Crippen molar-refractivity contribution in [1.82, 2.24) is 24.1 Å². The summed E-state index contributed by atoms with van der Waals surface area (Å²) in [5, 5.41) is 10.1. The zero-order valence-electron chi connectivity index (χ0n) is 17.9. The van der Waals surface area contributed by atoms with Gasteiger partial charge in [0.1, 0.15) is 0 Å². The lowest BCUT2D eigenvalue weighted by atomic mass is 9.84. The molecule has 0 aliphatic heterocycles. The molecule has 2 heterocycles. The number of fused-ring (bicyclic) bond motifs is 1. The molecule has 0 radical (unpaired) electrons. The van der Waals surface area contributed by atoms with Gasteiger partial charge in [0.05, 0.1) is 16.2 Å². The lowest BCUT2D eigenvalue weighted by Crippen LogP contribution is -2.42. The number of nitrogens with one attached hydrogen (secondary N) is 1. The van der Waals surface area contributed by atoms with Gasteiger partial charge in [0.2, 0.25) is 27.6 Å². The molecular formula is C20H23F3N6O3S. The van der Waals surface area contributed by atoms with Gasteiger partial charge in [0, 0.05) is 17.8 Å². The Kier molecular flexibility index (Phi) is 5.61. The van der Waals surface area contributed by atoms with Crippen molar-refractivity contribution in [3.8, 4) is 11.3 Å². The van der Waals surface area contributed by atoms with E-state index in [0.717, 1.165) is 4.40 Å². The largest absolute Gasteiger partial charge is 0.451 e. The second kappa shape index (κ2) is 7.92. The normalized spacial score (nSPS) is 22.1. The van der Waals surface area contributed by atoms with Crippen LogP contribution in [0.5, 0.6) is 0 Å². The number of hydrogen-bond donors (Lipinski definition) is 3. The fourth-order valence-electron chi connectivity index (χ4n) is 3.85. The fourth-order valence-corrected chi connectivity index (χ4v) is 5.18. The van der Waals surface area contributed by atoms with E-state index >= 15 is 0 Å². The molecule has 1 aliphatic rings. The maximum Gasteiger partial charge on any atom is 0.451 e. The molecule has 33 heavy (non-hydrogen) atoms. The zero-order chi connectivity index (χ0) is 24.2. The summed E-state index contributed by atoms with van der Waals surface area (Å²) >= 11 is 0. The Morgan fingerprint density at radius 2 is 1.88 bits per heavy atom. The van der Waals surface area contributed by atoms with Crippen LogP contribution in [-0.2, 0) is 16.2 Å². The van der Waals surface area contributed by atoms with Crippen LogP contribution in [0.3, 0.4) is 0 Å². The number of sulfonamides is 1. The number of nitrogen functional groups attached to an aromatic ring is 1. The Balaban J connectivity index is 1.67. The number of hydrogen-bond acceptors (Lipinski definition) is 7. The molecule has 4 N–H and O–H groups in total. The van der Waals surface area contributed by atoms with Crippen molar-refractivity contribution in [3.05, 3.63) is 35.8 Å². The first-order chi connectivity index (χ1) is 15.2. The van der Waals surface area contributed by atoms with Crippen molar-refractivity contribution in [1.29, 1.82) is 0 Å². The van der Waals surface area contributed by atoms with E-state index in [1.54, 1.807) is 19.9 Å². The summed E-state index contributed by atoms with van der Waals surface area (Å²) in [6.45, 7) is 3.45. The molecule has 2 aromatic heterocycles. The van der Waals surface area contributed by atoms with Crippen molar-refractivity contribution < 1.29 is 26.7 Å². The van der Waals surface area contributed by atoms with Gasteiger partial charge in [-0.05, 0) is 57.2 Å². The van der Waals surface area contributed by atoms with Gasteiger partial charge in [0.15, 0.2) is 0 Å². The number of imidazole rings is 1. The first kappa shape index (κ1) is 23.4. The fraction of sp³-hybridized carbons (Fsp3) is 0.450. The Morgan fingerprint density at radius 1 is 1.21 bits per heavy atom. The summed E-state index contributed by atoms with van der Waals surface area (Å²) in [7, 11) is -3.88. The number of nitrogens with two attached hydrogens (primary N) is 1. The highest BCUT2D eigenvalue weighted by atomic mass is 32.2. The Morgan fingerprint density at radius 3 is 2.52 bits per heavy atom. The van der Waals surface area contributed by atoms with E-state index in [-0.39, 0.29) is 22.4 Å². The van der Waals surface area contributed by atoms with E-state index in [9.17, 15) is 26.7 Å². The van der Waals surface area contributed by atoms with Crippen molar-refractivity contribution in [2.75, 3.05) is 5.73 Å². The average molecular weight is 485 g/mol. The summed E-state index contributed by atoms with van der Waals surface area (Å²) in [5.41, 5.74) is 6.13. The van der Waals surface area contributed by atoms with Crippen molar-refractivity contribution in [2.45, 2.75) is 62.2 Å². The monoisotopic (exact) mass is 484 g/mol. The van der Waals surface area contributed by atoms with E-state index in [4.69, 9.17) is 5.73 Å². The van der Waals surface area contributed by atoms with Gasteiger partial charge in [-0.1, -0.05) is 6.07 Å². The van der Waals surface area contributed by atoms with Crippen LogP contribution in [0.1, 0.15) is 44.0 Å². The number of anilines is 1. The van der Waals surface area contributed by atoms with Gasteiger partial charge in [0.25, 0.3) is 0 Å². The second-order valence-corrected chi connectivity index (χ2v) is 10.3. The Labute approximate surface area is 187 Å². The topological polar surface area (TPSA) is 136 Å². The van der Waals surface area contributed by atoms with Gasteiger partial charge in [-0.25, -0.2) is 18.1 Å². The molecule has 3 aromatic rings.